The van der Waals surface area contributed by atoms with E-state index in [1.54, 1.807) is 12.1 Å². The first kappa shape index (κ1) is 14.6. The summed E-state index contributed by atoms with van der Waals surface area (Å²) >= 11 is 3.26. The molecular formula is C14H18BrFN2O. The molecule has 1 aromatic carbocycles. The van der Waals surface area contributed by atoms with E-state index in [1.807, 2.05) is 0 Å². The minimum Gasteiger partial charge on any atom is -0.304 e. The van der Waals surface area contributed by atoms with Crippen molar-refractivity contribution in [2.45, 2.75) is 6.42 Å². The number of hydrogen-bond acceptors (Lipinski definition) is 3. The van der Waals surface area contributed by atoms with Gasteiger partial charge in [0.1, 0.15) is 5.82 Å². The summed E-state index contributed by atoms with van der Waals surface area (Å²) in [5, 5.41) is 0. The first-order valence-electron chi connectivity index (χ1n) is 6.45. The zero-order valence-corrected chi connectivity index (χ0v) is 12.6. The lowest BCUT2D eigenvalue weighted by Gasteiger charge is -2.32. The van der Waals surface area contributed by atoms with Gasteiger partial charge in [-0.25, -0.2) is 4.39 Å². The second kappa shape index (κ2) is 6.59. The molecule has 0 amide bonds. The molecule has 1 aliphatic rings. The van der Waals surface area contributed by atoms with Crippen LogP contribution in [0.25, 0.3) is 0 Å². The lowest BCUT2D eigenvalue weighted by atomic mass is 10.1. The van der Waals surface area contributed by atoms with Crippen molar-refractivity contribution in [1.82, 2.24) is 9.80 Å². The molecular weight excluding hydrogens is 311 g/mol. The molecule has 0 spiro atoms. The summed E-state index contributed by atoms with van der Waals surface area (Å²) in [4.78, 5) is 16.6. The zero-order valence-electron chi connectivity index (χ0n) is 11.0. The van der Waals surface area contributed by atoms with Crippen LogP contribution in [0.1, 0.15) is 16.8 Å². The summed E-state index contributed by atoms with van der Waals surface area (Å²) < 4.78 is 14.3. The molecule has 2 rings (SSSR count). The predicted molar refractivity (Wildman–Crippen MR) is 77.0 cm³/mol. The molecule has 0 N–H and O–H groups in total. The fourth-order valence-electron chi connectivity index (χ4n) is 2.18. The van der Waals surface area contributed by atoms with Crippen LogP contribution >= 0.6 is 15.9 Å². The van der Waals surface area contributed by atoms with Crippen LogP contribution in [-0.2, 0) is 0 Å². The fraction of sp³-hybridized carbons (Fsp3) is 0.500. The van der Waals surface area contributed by atoms with Gasteiger partial charge in [-0.2, -0.15) is 0 Å². The molecule has 0 atom stereocenters. The number of halogens is 2. The highest BCUT2D eigenvalue weighted by Gasteiger charge is 2.17. The van der Waals surface area contributed by atoms with E-state index in [-0.39, 0.29) is 11.3 Å². The molecule has 1 heterocycles. The molecule has 0 aliphatic carbocycles. The maximum absolute atomic E-state index is 13.6. The summed E-state index contributed by atoms with van der Waals surface area (Å²) in [7, 11) is 2.10. The minimum absolute atomic E-state index is 0.127. The van der Waals surface area contributed by atoms with Gasteiger partial charge in [-0.3, -0.25) is 4.79 Å². The Kier molecular flexibility index (Phi) is 5.07. The van der Waals surface area contributed by atoms with Gasteiger partial charge in [-0.1, -0.05) is 15.9 Å². The van der Waals surface area contributed by atoms with Crippen molar-refractivity contribution in [2.24, 2.45) is 0 Å². The SMILES string of the molecule is CN1CCN(CCC(=O)c2cc(Br)ccc2F)CC1. The van der Waals surface area contributed by atoms with Crippen LogP contribution < -0.4 is 0 Å². The highest BCUT2D eigenvalue weighted by molar-refractivity contribution is 9.10. The van der Waals surface area contributed by atoms with Crippen LogP contribution in [0.5, 0.6) is 0 Å². The molecule has 0 radical (unpaired) electrons. The molecule has 0 unspecified atom stereocenters. The van der Waals surface area contributed by atoms with Gasteiger partial charge in [0, 0.05) is 43.6 Å². The standard InChI is InChI=1S/C14H18BrFN2O/c1-17-6-8-18(9-7-17)5-4-14(19)12-10-11(15)2-3-13(12)16/h2-3,10H,4-9H2,1H3. The van der Waals surface area contributed by atoms with Crippen molar-refractivity contribution < 1.29 is 9.18 Å². The Balaban J connectivity index is 1.89. The smallest absolute Gasteiger partial charge is 0.167 e. The van der Waals surface area contributed by atoms with Crippen molar-refractivity contribution >= 4 is 21.7 Å². The van der Waals surface area contributed by atoms with E-state index in [0.29, 0.717) is 13.0 Å². The first-order chi connectivity index (χ1) is 9.06. The van der Waals surface area contributed by atoms with Gasteiger partial charge in [0.05, 0.1) is 5.56 Å². The van der Waals surface area contributed by atoms with E-state index >= 15 is 0 Å². The topological polar surface area (TPSA) is 23.6 Å². The molecule has 104 valence electrons. The summed E-state index contributed by atoms with van der Waals surface area (Å²) in [6.45, 7) is 4.72. The Hall–Kier alpha value is -0.780. The summed E-state index contributed by atoms with van der Waals surface area (Å²) in [6.07, 6.45) is 0.372. The van der Waals surface area contributed by atoms with Gasteiger partial charge in [0.15, 0.2) is 5.78 Å². The number of Topliss-reactive ketones (excluding diaryl/α,β-unsaturated/α-hetero) is 1. The van der Waals surface area contributed by atoms with Crippen LogP contribution in [0.2, 0.25) is 0 Å². The van der Waals surface area contributed by atoms with E-state index < -0.39 is 5.82 Å². The third-order valence-electron chi connectivity index (χ3n) is 3.48. The molecule has 0 bridgehead atoms. The fourth-order valence-corrected chi connectivity index (χ4v) is 2.54. The van der Waals surface area contributed by atoms with E-state index in [0.717, 1.165) is 30.7 Å². The number of piperazine rings is 1. The molecule has 1 aromatic rings. The van der Waals surface area contributed by atoms with Crippen LogP contribution in [-0.4, -0.2) is 55.4 Å². The summed E-state index contributed by atoms with van der Waals surface area (Å²) in [5.74, 6) is -0.565. The Bertz CT molecular complexity index is 459. The zero-order chi connectivity index (χ0) is 13.8. The highest BCUT2D eigenvalue weighted by atomic mass is 79.9. The maximum atomic E-state index is 13.6. The van der Waals surface area contributed by atoms with Crippen LogP contribution in [0.3, 0.4) is 0 Å². The minimum atomic E-state index is -0.438. The Morgan fingerprint density at radius 3 is 2.68 bits per heavy atom. The Labute approximate surface area is 121 Å². The molecule has 19 heavy (non-hydrogen) atoms. The number of hydrogen-bond donors (Lipinski definition) is 0. The van der Waals surface area contributed by atoms with Crippen molar-refractivity contribution in [2.75, 3.05) is 39.8 Å². The van der Waals surface area contributed by atoms with Crippen molar-refractivity contribution in [1.29, 1.82) is 0 Å². The predicted octanol–water partition coefficient (Wildman–Crippen LogP) is 2.41. The number of carbonyl (C=O) groups is 1. The Morgan fingerprint density at radius 1 is 1.32 bits per heavy atom. The van der Waals surface area contributed by atoms with Gasteiger partial charge in [-0.05, 0) is 25.2 Å². The van der Waals surface area contributed by atoms with Crippen molar-refractivity contribution in [3.8, 4) is 0 Å². The lowest BCUT2D eigenvalue weighted by molar-refractivity contribution is 0.0938. The van der Waals surface area contributed by atoms with Crippen molar-refractivity contribution in [3.63, 3.8) is 0 Å². The third-order valence-corrected chi connectivity index (χ3v) is 3.97. The normalized spacial score (nSPS) is 17.6. The van der Waals surface area contributed by atoms with Gasteiger partial charge < -0.3 is 9.80 Å². The summed E-state index contributed by atoms with van der Waals surface area (Å²) in [5.41, 5.74) is 0.184. The quantitative estimate of drug-likeness (QED) is 0.793. The average molecular weight is 329 g/mol. The maximum Gasteiger partial charge on any atom is 0.167 e. The monoisotopic (exact) mass is 328 g/mol. The number of benzene rings is 1. The number of rotatable bonds is 4. The van der Waals surface area contributed by atoms with Gasteiger partial charge in [-0.15, -0.1) is 0 Å². The number of likely N-dealkylation sites (N-methyl/N-ethyl adjacent to an activating group) is 1. The number of carbonyl (C=O) groups excluding carboxylic acids is 1. The third kappa shape index (κ3) is 4.09. The molecule has 0 aromatic heterocycles. The van der Waals surface area contributed by atoms with E-state index in [4.69, 9.17) is 0 Å². The second-order valence-corrected chi connectivity index (χ2v) is 5.86. The largest absolute Gasteiger partial charge is 0.304 e. The highest BCUT2D eigenvalue weighted by Crippen LogP contribution is 2.17. The van der Waals surface area contributed by atoms with Crippen LogP contribution in [0.15, 0.2) is 22.7 Å². The van der Waals surface area contributed by atoms with E-state index in [1.165, 1.54) is 6.07 Å². The van der Waals surface area contributed by atoms with Gasteiger partial charge in [0.25, 0.3) is 0 Å². The molecule has 1 aliphatic heterocycles. The van der Waals surface area contributed by atoms with Crippen LogP contribution in [0.4, 0.5) is 4.39 Å². The first-order valence-corrected chi connectivity index (χ1v) is 7.25. The second-order valence-electron chi connectivity index (χ2n) is 4.94. The van der Waals surface area contributed by atoms with Gasteiger partial charge >= 0.3 is 0 Å². The molecule has 3 nitrogen and oxygen atoms in total. The van der Waals surface area contributed by atoms with Crippen molar-refractivity contribution in [3.05, 3.63) is 34.1 Å². The van der Waals surface area contributed by atoms with Gasteiger partial charge in [0.2, 0.25) is 0 Å². The molecule has 1 fully saturated rings. The molecule has 1 saturated heterocycles. The average Bonchev–Trinajstić information content (AvgIpc) is 2.40. The van der Waals surface area contributed by atoms with E-state index in [9.17, 15) is 9.18 Å². The summed E-state index contributed by atoms with van der Waals surface area (Å²) in [6, 6.07) is 4.49. The lowest BCUT2D eigenvalue weighted by Crippen LogP contribution is -2.45. The molecule has 5 heteroatoms. The van der Waals surface area contributed by atoms with E-state index in [2.05, 4.69) is 32.8 Å². The Morgan fingerprint density at radius 2 is 2.00 bits per heavy atom. The molecule has 0 saturated carbocycles. The number of ketones is 1. The number of nitrogens with zero attached hydrogens (tertiary/aromatic N) is 2. The van der Waals surface area contributed by atoms with Crippen LogP contribution in [0, 0.1) is 5.82 Å².